The van der Waals surface area contributed by atoms with E-state index in [1.807, 2.05) is 0 Å². The first-order valence-corrected chi connectivity index (χ1v) is 8.31. The van der Waals surface area contributed by atoms with Crippen LogP contribution in [0.1, 0.15) is 24.8 Å². The van der Waals surface area contributed by atoms with Gasteiger partial charge in [-0.25, -0.2) is 17.5 Å². The Balaban J connectivity index is 1.93. The topological polar surface area (TPSA) is 55.4 Å². The Morgan fingerprint density at radius 1 is 1.45 bits per heavy atom. The Morgan fingerprint density at radius 2 is 2.25 bits per heavy atom. The molecule has 0 aliphatic carbocycles. The zero-order valence-electron chi connectivity index (χ0n) is 11.6. The van der Waals surface area contributed by atoms with Gasteiger partial charge in [0, 0.05) is 19.8 Å². The van der Waals surface area contributed by atoms with Crippen molar-refractivity contribution >= 4 is 10.0 Å². The summed E-state index contributed by atoms with van der Waals surface area (Å²) in [6, 6.07) is 4.12. The highest BCUT2D eigenvalue weighted by atomic mass is 32.2. The minimum atomic E-state index is -3.77. The zero-order valence-corrected chi connectivity index (χ0v) is 12.4. The van der Waals surface area contributed by atoms with Crippen molar-refractivity contribution in [2.75, 3.05) is 19.8 Å². The van der Waals surface area contributed by atoms with Crippen LogP contribution in [0, 0.1) is 18.7 Å². The predicted octanol–water partition coefficient (Wildman–Crippen LogP) is 2.23. The number of nitrogens with one attached hydrogen (secondary N) is 1. The lowest BCUT2D eigenvalue weighted by atomic mass is 9.99. The molecule has 0 saturated carbocycles. The van der Waals surface area contributed by atoms with Gasteiger partial charge in [0.15, 0.2) is 0 Å². The van der Waals surface area contributed by atoms with E-state index < -0.39 is 15.8 Å². The quantitative estimate of drug-likeness (QED) is 0.907. The van der Waals surface area contributed by atoms with Gasteiger partial charge in [0.05, 0.1) is 0 Å². The molecule has 1 unspecified atom stereocenters. The monoisotopic (exact) mass is 301 g/mol. The van der Waals surface area contributed by atoms with Crippen LogP contribution in [0.25, 0.3) is 0 Å². The van der Waals surface area contributed by atoms with Gasteiger partial charge in [-0.05, 0) is 49.8 Å². The standard InChI is InChI=1S/C14H20FNO3S/c1-11-4-5-14(13(15)9-11)20(17,18)16-7-6-12-3-2-8-19-10-12/h4-5,9,12,16H,2-3,6-8,10H2,1H3. The van der Waals surface area contributed by atoms with Crippen molar-refractivity contribution in [1.29, 1.82) is 0 Å². The molecule has 0 aromatic heterocycles. The number of ether oxygens (including phenoxy) is 1. The molecule has 1 aromatic rings. The number of sulfonamides is 1. The molecule has 6 heteroatoms. The predicted molar refractivity (Wildman–Crippen MR) is 74.5 cm³/mol. The molecule has 2 rings (SSSR count). The van der Waals surface area contributed by atoms with E-state index in [9.17, 15) is 12.8 Å². The fourth-order valence-electron chi connectivity index (χ4n) is 2.33. The Hall–Kier alpha value is -0.980. The Kier molecular flexibility index (Phi) is 5.12. The van der Waals surface area contributed by atoms with Crippen molar-refractivity contribution in [3.05, 3.63) is 29.6 Å². The SMILES string of the molecule is Cc1ccc(S(=O)(=O)NCCC2CCCOC2)c(F)c1. The average Bonchev–Trinajstić information content (AvgIpc) is 2.39. The van der Waals surface area contributed by atoms with Gasteiger partial charge in [0.2, 0.25) is 10.0 Å². The van der Waals surface area contributed by atoms with Crippen LogP contribution in [0.15, 0.2) is 23.1 Å². The first-order valence-electron chi connectivity index (χ1n) is 6.82. The van der Waals surface area contributed by atoms with Gasteiger partial charge in [-0.1, -0.05) is 6.07 Å². The van der Waals surface area contributed by atoms with E-state index in [1.165, 1.54) is 12.1 Å². The van der Waals surface area contributed by atoms with E-state index in [0.29, 0.717) is 31.1 Å². The molecule has 1 aliphatic heterocycles. The van der Waals surface area contributed by atoms with E-state index in [0.717, 1.165) is 19.4 Å². The first-order chi connectivity index (χ1) is 9.49. The molecule has 4 nitrogen and oxygen atoms in total. The normalized spacial score (nSPS) is 20.0. The third kappa shape index (κ3) is 4.01. The van der Waals surface area contributed by atoms with Crippen LogP contribution >= 0.6 is 0 Å². The fraction of sp³-hybridized carbons (Fsp3) is 0.571. The second-order valence-electron chi connectivity index (χ2n) is 5.20. The molecule has 1 fully saturated rings. The molecule has 1 aromatic carbocycles. The molecule has 0 radical (unpaired) electrons. The largest absolute Gasteiger partial charge is 0.381 e. The van der Waals surface area contributed by atoms with Gasteiger partial charge in [-0.15, -0.1) is 0 Å². The molecule has 0 amide bonds. The summed E-state index contributed by atoms with van der Waals surface area (Å²) in [5.41, 5.74) is 0.695. The molecule has 1 saturated heterocycles. The minimum absolute atomic E-state index is 0.289. The Morgan fingerprint density at radius 3 is 2.90 bits per heavy atom. The van der Waals surface area contributed by atoms with Gasteiger partial charge in [0.1, 0.15) is 10.7 Å². The minimum Gasteiger partial charge on any atom is -0.381 e. The average molecular weight is 301 g/mol. The summed E-state index contributed by atoms with van der Waals surface area (Å²) in [7, 11) is -3.77. The van der Waals surface area contributed by atoms with Crippen molar-refractivity contribution in [3.63, 3.8) is 0 Å². The molecular weight excluding hydrogens is 281 g/mol. The second kappa shape index (κ2) is 6.65. The number of rotatable bonds is 5. The number of aryl methyl sites for hydroxylation is 1. The lowest BCUT2D eigenvalue weighted by molar-refractivity contribution is 0.0523. The van der Waals surface area contributed by atoms with E-state index in [1.54, 1.807) is 13.0 Å². The summed E-state index contributed by atoms with van der Waals surface area (Å²) < 4.78 is 45.5. The Labute approximate surface area is 119 Å². The van der Waals surface area contributed by atoms with Crippen LogP contribution < -0.4 is 4.72 Å². The van der Waals surface area contributed by atoms with Gasteiger partial charge in [0.25, 0.3) is 0 Å². The van der Waals surface area contributed by atoms with Crippen molar-refractivity contribution in [2.45, 2.75) is 31.1 Å². The molecule has 1 N–H and O–H groups in total. The van der Waals surface area contributed by atoms with Crippen molar-refractivity contribution in [1.82, 2.24) is 4.72 Å². The Bertz CT molecular complexity index is 554. The molecule has 1 heterocycles. The van der Waals surface area contributed by atoms with Crippen molar-refractivity contribution in [3.8, 4) is 0 Å². The maximum Gasteiger partial charge on any atom is 0.243 e. The van der Waals surface area contributed by atoms with E-state index in [2.05, 4.69) is 4.72 Å². The molecular formula is C14H20FNO3S. The number of hydrogen-bond acceptors (Lipinski definition) is 3. The molecule has 112 valence electrons. The van der Waals surface area contributed by atoms with Crippen LogP contribution in [0.4, 0.5) is 4.39 Å². The zero-order chi connectivity index (χ0) is 14.6. The van der Waals surface area contributed by atoms with Gasteiger partial charge < -0.3 is 4.74 Å². The van der Waals surface area contributed by atoms with Crippen LogP contribution in [-0.2, 0) is 14.8 Å². The highest BCUT2D eigenvalue weighted by Crippen LogP contribution is 2.18. The molecule has 0 bridgehead atoms. The second-order valence-corrected chi connectivity index (χ2v) is 6.94. The highest BCUT2D eigenvalue weighted by Gasteiger charge is 2.20. The van der Waals surface area contributed by atoms with E-state index in [-0.39, 0.29) is 4.90 Å². The third-order valence-electron chi connectivity index (χ3n) is 3.48. The first kappa shape index (κ1) is 15.4. The van der Waals surface area contributed by atoms with Gasteiger partial charge >= 0.3 is 0 Å². The lowest BCUT2D eigenvalue weighted by Crippen LogP contribution is -2.28. The number of hydrogen-bond donors (Lipinski definition) is 1. The molecule has 20 heavy (non-hydrogen) atoms. The number of benzene rings is 1. The highest BCUT2D eigenvalue weighted by molar-refractivity contribution is 7.89. The summed E-state index contributed by atoms with van der Waals surface area (Å²) in [5, 5.41) is 0. The van der Waals surface area contributed by atoms with Crippen molar-refractivity contribution < 1.29 is 17.5 Å². The number of halogens is 1. The molecule has 1 aliphatic rings. The summed E-state index contributed by atoms with van der Waals surface area (Å²) >= 11 is 0. The molecule has 1 atom stereocenters. The summed E-state index contributed by atoms with van der Waals surface area (Å²) in [5.74, 6) is -0.326. The summed E-state index contributed by atoms with van der Waals surface area (Å²) in [4.78, 5) is -0.289. The van der Waals surface area contributed by atoms with Gasteiger partial charge in [-0.2, -0.15) is 0 Å². The smallest absolute Gasteiger partial charge is 0.243 e. The van der Waals surface area contributed by atoms with E-state index in [4.69, 9.17) is 4.74 Å². The molecule has 0 spiro atoms. The van der Waals surface area contributed by atoms with Crippen LogP contribution in [0.3, 0.4) is 0 Å². The fourth-order valence-corrected chi connectivity index (χ4v) is 3.44. The van der Waals surface area contributed by atoms with Gasteiger partial charge in [-0.3, -0.25) is 0 Å². The van der Waals surface area contributed by atoms with Crippen molar-refractivity contribution in [2.24, 2.45) is 5.92 Å². The van der Waals surface area contributed by atoms with E-state index >= 15 is 0 Å². The maximum atomic E-state index is 13.7. The lowest BCUT2D eigenvalue weighted by Gasteiger charge is -2.21. The third-order valence-corrected chi connectivity index (χ3v) is 4.97. The summed E-state index contributed by atoms with van der Waals surface area (Å²) in [6.45, 7) is 3.50. The van der Waals surface area contributed by atoms with Crippen LogP contribution in [0.5, 0.6) is 0 Å². The van der Waals surface area contributed by atoms with Crippen LogP contribution in [-0.4, -0.2) is 28.2 Å². The maximum absolute atomic E-state index is 13.7. The van der Waals surface area contributed by atoms with Crippen LogP contribution in [0.2, 0.25) is 0 Å². The summed E-state index contributed by atoms with van der Waals surface area (Å²) in [6.07, 6.45) is 2.79.